The van der Waals surface area contributed by atoms with Crippen LogP contribution in [0.5, 0.6) is 6.01 Å². The third-order valence-corrected chi connectivity index (χ3v) is 2.45. The SMILES string of the molecule is CCCNc1nc(NCc2ccoc2)nc(OCC)n1. The Hall–Kier alpha value is -2.31. The van der Waals surface area contributed by atoms with E-state index in [4.69, 9.17) is 9.15 Å². The molecule has 0 spiro atoms. The van der Waals surface area contributed by atoms with Crippen LogP contribution in [0, 0.1) is 0 Å². The molecule has 20 heavy (non-hydrogen) atoms. The molecule has 0 bridgehead atoms. The third kappa shape index (κ3) is 4.11. The zero-order valence-electron chi connectivity index (χ0n) is 11.7. The van der Waals surface area contributed by atoms with E-state index in [0.717, 1.165) is 18.5 Å². The van der Waals surface area contributed by atoms with Gasteiger partial charge in [0.15, 0.2) is 0 Å². The van der Waals surface area contributed by atoms with Crippen molar-refractivity contribution < 1.29 is 9.15 Å². The molecular weight excluding hydrogens is 258 g/mol. The first-order valence-corrected chi connectivity index (χ1v) is 6.69. The van der Waals surface area contributed by atoms with Gasteiger partial charge in [0, 0.05) is 18.7 Å². The summed E-state index contributed by atoms with van der Waals surface area (Å²) in [5.74, 6) is 0.989. The Morgan fingerprint density at radius 3 is 2.60 bits per heavy atom. The van der Waals surface area contributed by atoms with E-state index in [1.165, 1.54) is 0 Å². The highest BCUT2D eigenvalue weighted by Gasteiger charge is 2.07. The molecule has 2 heterocycles. The largest absolute Gasteiger partial charge is 0.472 e. The maximum Gasteiger partial charge on any atom is 0.323 e. The number of anilines is 2. The van der Waals surface area contributed by atoms with Crippen LogP contribution in [-0.2, 0) is 6.54 Å². The van der Waals surface area contributed by atoms with Crippen molar-refractivity contribution in [2.24, 2.45) is 0 Å². The lowest BCUT2D eigenvalue weighted by Gasteiger charge is -2.09. The van der Waals surface area contributed by atoms with Crippen molar-refractivity contribution in [3.05, 3.63) is 24.2 Å². The van der Waals surface area contributed by atoms with Gasteiger partial charge in [0.05, 0.1) is 19.1 Å². The lowest BCUT2D eigenvalue weighted by atomic mass is 10.3. The first kappa shape index (κ1) is 14.1. The Morgan fingerprint density at radius 2 is 1.95 bits per heavy atom. The van der Waals surface area contributed by atoms with Gasteiger partial charge in [-0.3, -0.25) is 0 Å². The minimum absolute atomic E-state index is 0.316. The summed E-state index contributed by atoms with van der Waals surface area (Å²) in [6.45, 7) is 5.87. The highest BCUT2D eigenvalue weighted by Crippen LogP contribution is 2.12. The van der Waals surface area contributed by atoms with Crippen LogP contribution in [-0.4, -0.2) is 28.1 Å². The van der Waals surface area contributed by atoms with Crippen molar-refractivity contribution in [1.29, 1.82) is 0 Å². The molecule has 2 aromatic rings. The van der Waals surface area contributed by atoms with Crippen LogP contribution in [0.15, 0.2) is 23.0 Å². The normalized spacial score (nSPS) is 10.3. The molecule has 2 aromatic heterocycles. The average molecular weight is 277 g/mol. The van der Waals surface area contributed by atoms with Gasteiger partial charge in [0.25, 0.3) is 0 Å². The minimum atomic E-state index is 0.316. The fourth-order valence-corrected chi connectivity index (χ4v) is 1.52. The summed E-state index contributed by atoms with van der Waals surface area (Å²) in [7, 11) is 0. The van der Waals surface area contributed by atoms with Crippen molar-refractivity contribution in [3.8, 4) is 6.01 Å². The van der Waals surface area contributed by atoms with Crippen molar-refractivity contribution in [3.63, 3.8) is 0 Å². The molecule has 0 fully saturated rings. The van der Waals surface area contributed by atoms with Crippen LogP contribution >= 0.6 is 0 Å². The lowest BCUT2D eigenvalue weighted by molar-refractivity contribution is 0.312. The Morgan fingerprint density at radius 1 is 1.15 bits per heavy atom. The zero-order valence-corrected chi connectivity index (χ0v) is 11.7. The van der Waals surface area contributed by atoms with E-state index in [0.29, 0.717) is 31.1 Å². The summed E-state index contributed by atoms with van der Waals surface area (Å²) in [6.07, 6.45) is 4.30. The van der Waals surface area contributed by atoms with E-state index in [1.54, 1.807) is 12.5 Å². The number of rotatable bonds is 8. The van der Waals surface area contributed by atoms with E-state index in [-0.39, 0.29) is 0 Å². The number of ether oxygens (including phenoxy) is 1. The molecule has 7 nitrogen and oxygen atoms in total. The van der Waals surface area contributed by atoms with E-state index in [2.05, 4.69) is 32.5 Å². The van der Waals surface area contributed by atoms with E-state index in [9.17, 15) is 0 Å². The number of hydrogen-bond donors (Lipinski definition) is 2. The quantitative estimate of drug-likeness (QED) is 0.765. The fourth-order valence-electron chi connectivity index (χ4n) is 1.52. The third-order valence-electron chi connectivity index (χ3n) is 2.45. The number of aromatic nitrogens is 3. The summed E-state index contributed by atoms with van der Waals surface area (Å²) >= 11 is 0. The van der Waals surface area contributed by atoms with Crippen LogP contribution in [0.2, 0.25) is 0 Å². The molecule has 2 N–H and O–H groups in total. The van der Waals surface area contributed by atoms with E-state index in [1.807, 2.05) is 13.0 Å². The van der Waals surface area contributed by atoms with E-state index >= 15 is 0 Å². The molecule has 0 aromatic carbocycles. The van der Waals surface area contributed by atoms with Crippen molar-refractivity contribution in [2.75, 3.05) is 23.8 Å². The summed E-state index contributed by atoms with van der Waals surface area (Å²) in [6, 6.07) is 2.20. The molecule has 0 aliphatic carbocycles. The van der Waals surface area contributed by atoms with Gasteiger partial charge in [-0.1, -0.05) is 6.92 Å². The minimum Gasteiger partial charge on any atom is -0.472 e. The van der Waals surface area contributed by atoms with Crippen molar-refractivity contribution in [2.45, 2.75) is 26.8 Å². The van der Waals surface area contributed by atoms with Gasteiger partial charge in [0.2, 0.25) is 11.9 Å². The smallest absolute Gasteiger partial charge is 0.323 e. The summed E-state index contributed by atoms with van der Waals surface area (Å²) in [5, 5.41) is 6.25. The fraction of sp³-hybridized carbons (Fsp3) is 0.462. The number of nitrogens with zero attached hydrogens (tertiary/aromatic N) is 3. The van der Waals surface area contributed by atoms with Crippen LogP contribution in [0.3, 0.4) is 0 Å². The number of hydrogen-bond acceptors (Lipinski definition) is 7. The van der Waals surface area contributed by atoms with Crippen LogP contribution in [0.4, 0.5) is 11.9 Å². The van der Waals surface area contributed by atoms with Crippen molar-refractivity contribution >= 4 is 11.9 Å². The molecule has 0 aliphatic heterocycles. The van der Waals surface area contributed by atoms with Crippen molar-refractivity contribution in [1.82, 2.24) is 15.0 Å². The second-order valence-corrected chi connectivity index (χ2v) is 4.11. The predicted octanol–water partition coefficient (Wildman–Crippen LogP) is 2.30. The van der Waals surface area contributed by atoms with Crippen LogP contribution in [0.1, 0.15) is 25.8 Å². The molecule has 0 saturated carbocycles. The molecule has 7 heteroatoms. The van der Waals surface area contributed by atoms with Gasteiger partial charge in [0.1, 0.15) is 0 Å². The maximum absolute atomic E-state index is 5.34. The Bertz CT molecular complexity index is 515. The van der Waals surface area contributed by atoms with Gasteiger partial charge in [-0.15, -0.1) is 0 Å². The van der Waals surface area contributed by atoms with Gasteiger partial charge in [-0.25, -0.2) is 0 Å². The van der Waals surface area contributed by atoms with Gasteiger partial charge in [-0.05, 0) is 19.4 Å². The molecule has 0 amide bonds. The number of furan rings is 1. The molecule has 0 atom stereocenters. The first-order valence-electron chi connectivity index (χ1n) is 6.69. The van der Waals surface area contributed by atoms with Crippen LogP contribution < -0.4 is 15.4 Å². The Labute approximate surface area is 117 Å². The molecule has 108 valence electrons. The van der Waals surface area contributed by atoms with Gasteiger partial charge >= 0.3 is 6.01 Å². The zero-order chi connectivity index (χ0) is 14.2. The monoisotopic (exact) mass is 277 g/mol. The molecule has 0 aliphatic rings. The topological polar surface area (TPSA) is 85.1 Å². The second-order valence-electron chi connectivity index (χ2n) is 4.11. The molecule has 0 saturated heterocycles. The average Bonchev–Trinajstić information content (AvgIpc) is 2.96. The maximum atomic E-state index is 5.34. The predicted molar refractivity (Wildman–Crippen MR) is 75.8 cm³/mol. The Kier molecular flexibility index (Phi) is 5.16. The standard InChI is InChI=1S/C13H19N5O2/c1-3-6-14-11-16-12(18-13(17-11)20-4-2)15-8-10-5-7-19-9-10/h5,7,9H,3-4,6,8H2,1-2H3,(H2,14,15,16,17,18). The Balaban J connectivity index is 2.06. The summed E-state index contributed by atoms with van der Waals surface area (Å²) in [5.41, 5.74) is 1.02. The molecule has 0 radical (unpaired) electrons. The second kappa shape index (κ2) is 7.32. The molecule has 0 unspecified atom stereocenters. The molecule has 2 rings (SSSR count). The lowest BCUT2D eigenvalue weighted by Crippen LogP contribution is -2.11. The highest BCUT2D eigenvalue weighted by atomic mass is 16.5. The van der Waals surface area contributed by atoms with Gasteiger partial charge in [-0.2, -0.15) is 15.0 Å². The first-order chi connectivity index (χ1) is 9.81. The number of nitrogens with one attached hydrogen (secondary N) is 2. The highest BCUT2D eigenvalue weighted by molar-refractivity contribution is 5.36. The summed E-state index contributed by atoms with van der Waals surface area (Å²) in [4.78, 5) is 12.7. The van der Waals surface area contributed by atoms with E-state index < -0.39 is 0 Å². The van der Waals surface area contributed by atoms with Gasteiger partial charge < -0.3 is 19.8 Å². The summed E-state index contributed by atoms with van der Waals surface area (Å²) < 4.78 is 10.4. The molecular formula is C13H19N5O2. The van der Waals surface area contributed by atoms with Crippen LogP contribution in [0.25, 0.3) is 0 Å².